The molecule has 3 unspecified atom stereocenters. The maximum absolute atomic E-state index is 13.2. The van der Waals surface area contributed by atoms with E-state index < -0.39 is 18.2 Å². The van der Waals surface area contributed by atoms with Gasteiger partial charge < -0.3 is 20.3 Å². The van der Waals surface area contributed by atoms with Crippen molar-refractivity contribution in [3.05, 3.63) is 12.2 Å². The Hall–Kier alpha value is -1.40. The highest BCUT2D eigenvalue weighted by Gasteiger charge is 2.24. The molecule has 3 N–H and O–H groups in total. The SMILES string of the molecule is CCCCCCCCCCC/C=C/CCCCCCCC(=O)OC(CCCCCCCCCCC)CC(=O)NC(CO)C(O)CCCCCCCCCCCCCCC. The van der Waals surface area contributed by atoms with E-state index in [1.165, 1.54) is 193 Å². The Kier molecular flexibility index (Phi) is 46.5. The van der Waals surface area contributed by atoms with E-state index in [0.29, 0.717) is 19.3 Å². The molecule has 0 fully saturated rings. The third-order valence-electron chi connectivity index (χ3n) is 12.3. The number of nitrogens with one attached hydrogen (secondary N) is 1. The van der Waals surface area contributed by atoms with Crippen molar-refractivity contribution in [2.24, 2.45) is 0 Å². The van der Waals surface area contributed by atoms with E-state index in [-0.39, 0.29) is 24.9 Å². The van der Waals surface area contributed by atoms with Gasteiger partial charge in [0.05, 0.1) is 25.2 Å². The molecular formula is C53H103NO5. The minimum absolute atomic E-state index is 0.0807. The van der Waals surface area contributed by atoms with Crippen molar-refractivity contribution >= 4 is 11.9 Å². The van der Waals surface area contributed by atoms with Gasteiger partial charge in [0, 0.05) is 6.42 Å². The summed E-state index contributed by atoms with van der Waals surface area (Å²) in [5, 5.41) is 23.7. The summed E-state index contributed by atoms with van der Waals surface area (Å²) in [6, 6.07) is -0.695. The van der Waals surface area contributed by atoms with Crippen LogP contribution in [0.5, 0.6) is 0 Å². The summed E-state index contributed by atoms with van der Waals surface area (Å²) in [6.07, 6.45) is 52.8. The first-order chi connectivity index (χ1) is 29.0. The molecule has 0 aliphatic rings. The zero-order chi connectivity index (χ0) is 43.1. The van der Waals surface area contributed by atoms with Crippen molar-refractivity contribution in [3.8, 4) is 0 Å². The second-order valence-corrected chi connectivity index (χ2v) is 18.3. The molecule has 0 radical (unpaired) electrons. The van der Waals surface area contributed by atoms with Gasteiger partial charge in [0.15, 0.2) is 0 Å². The first kappa shape index (κ1) is 57.6. The van der Waals surface area contributed by atoms with Crippen LogP contribution in [0.15, 0.2) is 12.2 Å². The lowest BCUT2D eigenvalue weighted by atomic mass is 10.0. The van der Waals surface area contributed by atoms with Crippen LogP contribution >= 0.6 is 0 Å². The monoisotopic (exact) mass is 834 g/mol. The molecule has 0 aromatic carbocycles. The molecular weight excluding hydrogens is 731 g/mol. The number of esters is 1. The summed E-state index contributed by atoms with van der Waals surface area (Å²) in [6.45, 7) is 6.49. The van der Waals surface area contributed by atoms with E-state index in [1.54, 1.807) is 0 Å². The van der Waals surface area contributed by atoms with Crippen LogP contribution < -0.4 is 5.32 Å². The fourth-order valence-corrected chi connectivity index (χ4v) is 8.31. The number of rotatable bonds is 48. The molecule has 59 heavy (non-hydrogen) atoms. The summed E-state index contributed by atoms with van der Waals surface area (Å²) in [7, 11) is 0. The van der Waals surface area contributed by atoms with Gasteiger partial charge in [-0.05, 0) is 51.4 Å². The largest absolute Gasteiger partial charge is 0.462 e. The lowest BCUT2D eigenvalue weighted by Crippen LogP contribution is -2.46. The summed E-state index contributed by atoms with van der Waals surface area (Å²) in [4.78, 5) is 26.1. The fraction of sp³-hybridized carbons (Fsp3) is 0.925. The van der Waals surface area contributed by atoms with E-state index in [4.69, 9.17) is 4.74 Å². The molecule has 350 valence electrons. The number of hydrogen-bond donors (Lipinski definition) is 3. The average Bonchev–Trinajstić information content (AvgIpc) is 3.23. The van der Waals surface area contributed by atoms with Crippen molar-refractivity contribution in [3.63, 3.8) is 0 Å². The summed E-state index contributed by atoms with van der Waals surface area (Å²) in [5.74, 6) is -0.469. The first-order valence-corrected chi connectivity index (χ1v) is 26.4. The number of allylic oxidation sites excluding steroid dienone is 2. The van der Waals surface area contributed by atoms with E-state index in [0.717, 1.165) is 51.4 Å². The van der Waals surface area contributed by atoms with Crippen molar-refractivity contribution in [2.45, 2.75) is 309 Å². The minimum Gasteiger partial charge on any atom is -0.462 e. The maximum atomic E-state index is 13.2. The van der Waals surface area contributed by atoms with Crippen molar-refractivity contribution in [1.82, 2.24) is 5.32 Å². The normalized spacial score (nSPS) is 13.2. The Morgan fingerprint density at radius 3 is 1.20 bits per heavy atom. The first-order valence-electron chi connectivity index (χ1n) is 26.4. The molecule has 0 aliphatic carbocycles. The van der Waals surface area contributed by atoms with Gasteiger partial charge in [-0.3, -0.25) is 9.59 Å². The molecule has 0 aromatic rings. The molecule has 0 aromatic heterocycles. The predicted molar refractivity (Wildman–Crippen MR) is 255 cm³/mol. The van der Waals surface area contributed by atoms with Crippen LogP contribution in [0.2, 0.25) is 0 Å². The van der Waals surface area contributed by atoms with E-state index >= 15 is 0 Å². The molecule has 1 amide bonds. The van der Waals surface area contributed by atoms with Gasteiger partial charge in [-0.15, -0.1) is 0 Å². The Bertz CT molecular complexity index is 893. The molecule has 0 heterocycles. The lowest BCUT2D eigenvalue weighted by molar-refractivity contribution is -0.151. The molecule has 3 atom stereocenters. The Morgan fingerprint density at radius 2 is 0.814 bits per heavy atom. The van der Waals surface area contributed by atoms with Gasteiger partial charge in [-0.25, -0.2) is 0 Å². The van der Waals surface area contributed by atoms with Gasteiger partial charge >= 0.3 is 5.97 Å². The van der Waals surface area contributed by atoms with Crippen LogP contribution in [0.3, 0.4) is 0 Å². The maximum Gasteiger partial charge on any atom is 0.306 e. The average molecular weight is 834 g/mol. The number of ether oxygens (including phenoxy) is 1. The molecule has 6 nitrogen and oxygen atoms in total. The third-order valence-corrected chi connectivity index (χ3v) is 12.3. The molecule has 0 aliphatic heterocycles. The molecule has 0 rings (SSSR count). The molecule has 6 heteroatoms. The molecule has 0 spiro atoms. The predicted octanol–water partition coefficient (Wildman–Crippen LogP) is 15.7. The topological polar surface area (TPSA) is 95.9 Å². The number of aliphatic hydroxyl groups excluding tert-OH is 2. The third kappa shape index (κ3) is 43.1. The van der Waals surface area contributed by atoms with Crippen LogP contribution in [0, 0.1) is 0 Å². The van der Waals surface area contributed by atoms with Crippen LogP contribution in [0.1, 0.15) is 290 Å². The summed E-state index contributed by atoms with van der Waals surface area (Å²) < 4.78 is 5.92. The number of amides is 1. The van der Waals surface area contributed by atoms with Crippen molar-refractivity contribution in [1.29, 1.82) is 0 Å². The van der Waals surface area contributed by atoms with Gasteiger partial charge in [0.1, 0.15) is 6.10 Å². The second-order valence-electron chi connectivity index (χ2n) is 18.3. The van der Waals surface area contributed by atoms with Crippen LogP contribution in [-0.2, 0) is 14.3 Å². The number of unbranched alkanes of at least 4 members (excludes halogenated alkanes) is 34. The van der Waals surface area contributed by atoms with Crippen LogP contribution in [-0.4, -0.2) is 46.9 Å². The Labute approximate surface area is 368 Å². The highest BCUT2D eigenvalue weighted by atomic mass is 16.5. The quantitative estimate of drug-likeness (QED) is 0.0322. The zero-order valence-corrected chi connectivity index (χ0v) is 39.9. The van der Waals surface area contributed by atoms with Gasteiger partial charge in [0.25, 0.3) is 0 Å². The molecule has 0 bridgehead atoms. The Morgan fingerprint density at radius 1 is 0.475 bits per heavy atom. The minimum atomic E-state index is -0.782. The van der Waals surface area contributed by atoms with Gasteiger partial charge in [-0.2, -0.15) is 0 Å². The van der Waals surface area contributed by atoms with Crippen LogP contribution in [0.4, 0.5) is 0 Å². The fourth-order valence-electron chi connectivity index (χ4n) is 8.31. The smallest absolute Gasteiger partial charge is 0.306 e. The number of hydrogen-bond acceptors (Lipinski definition) is 5. The number of carbonyl (C=O) groups is 2. The number of carbonyl (C=O) groups excluding carboxylic acids is 2. The molecule has 0 saturated carbocycles. The lowest BCUT2D eigenvalue weighted by Gasteiger charge is -2.24. The zero-order valence-electron chi connectivity index (χ0n) is 39.9. The van der Waals surface area contributed by atoms with E-state index in [9.17, 15) is 19.8 Å². The highest BCUT2D eigenvalue weighted by Crippen LogP contribution is 2.18. The van der Waals surface area contributed by atoms with Crippen molar-refractivity contribution < 1.29 is 24.5 Å². The van der Waals surface area contributed by atoms with Gasteiger partial charge in [-0.1, -0.05) is 238 Å². The molecule has 0 saturated heterocycles. The van der Waals surface area contributed by atoms with E-state index in [2.05, 4.69) is 38.2 Å². The van der Waals surface area contributed by atoms with E-state index in [1.807, 2.05) is 0 Å². The summed E-state index contributed by atoms with van der Waals surface area (Å²) >= 11 is 0. The number of aliphatic hydroxyl groups is 2. The second kappa shape index (κ2) is 47.6. The highest BCUT2D eigenvalue weighted by molar-refractivity contribution is 5.77. The van der Waals surface area contributed by atoms with Crippen LogP contribution in [0.25, 0.3) is 0 Å². The summed E-state index contributed by atoms with van der Waals surface area (Å²) in [5.41, 5.74) is 0. The van der Waals surface area contributed by atoms with Gasteiger partial charge in [0.2, 0.25) is 5.91 Å². The Balaban J connectivity index is 4.41. The standard InChI is InChI=1S/C53H103NO5/c1-4-7-10-13-16-19-21-23-24-25-26-27-29-31-34-37-40-43-46-53(58)59-49(44-41-38-35-32-18-15-12-9-6-3)47-52(57)54-50(48-55)51(56)45-42-39-36-33-30-28-22-20-17-14-11-8-5-2/h26-27,49-51,55-56H,4-25,28-48H2,1-3H3,(H,54,57)/b27-26+. The van der Waals surface area contributed by atoms with Crippen molar-refractivity contribution in [2.75, 3.05) is 6.61 Å².